The van der Waals surface area contributed by atoms with Crippen molar-refractivity contribution < 1.29 is 9.30 Å². The van der Waals surface area contributed by atoms with E-state index in [0.29, 0.717) is 11.5 Å². The fourth-order valence-electron chi connectivity index (χ4n) is 8.12. The molecule has 0 saturated carbocycles. The van der Waals surface area contributed by atoms with Crippen molar-refractivity contribution in [3.05, 3.63) is 205 Å². The van der Waals surface area contributed by atoms with Crippen LogP contribution in [0.15, 0.2) is 171 Å². The van der Waals surface area contributed by atoms with E-state index in [1.165, 1.54) is 33.2 Å². The molecule has 0 saturated heterocycles. The molecule has 0 fully saturated rings. The second kappa shape index (κ2) is 14.5. The van der Waals surface area contributed by atoms with Crippen molar-refractivity contribution >= 4 is 21.8 Å². The highest BCUT2D eigenvalue weighted by Gasteiger charge is 2.29. The van der Waals surface area contributed by atoms with Crippen molar-refractivity contribution in [1.82, 2.24) is 19.1 Å². The van der Waals surface area contributed by atoms with E-state index >= 15 is 0 Å². The van der Waals surface area contributed by atoms with Crippen LogP contribution in [0.4, 0.5) is 0 Å². The zero-order valence-corrected chi connectivity index (χ0v) is 34.8. The Kier molecular flexibility index (Phi) is 9.31. The lowest BCUT2D eigenvalue weighted by Gasteiger charge is -2.32. The Morgan fingerprint density at radius 2 is 1.20 bits per heavy atom. The lowest BCUT2D eigenvalue weighted by Crippen LogP contribution is -2.31. The zero-order valence-electron chi connectivity index (χ0n) is 34.8. The summed E-state index contributed by atoms with van der Waals surface area (Å²) < 4.78 is 12.8. The Labute approximate surface area is 347 Å². The number of fused-ring (bicyclic) bond motifs is 3. The van der Waals surface area contributed by atoms with Crippen LogP contribution in [0.3, 0.4) is 0 Å². The van der Waals surface area contributed by atoms with Gasteiger partial charge in [-0.3, -0.25) is 18.7 Å². The van der Waals surface area contributed by atoms with Crippen molar-refractivity contribution in [2.75, 3.05) is 0 Å². The molecular formula is C53H49N5O. The molecule has 4 heterocycles. The quantitative estimate of drug-likeness (QED) is 0.108. The first-order valence-electron chi connectivity index (χ1n) is 20.3. The third-order valence-electron chi connectivity index (χ3n) is 11.9. The average molecular weight is 772 g/mol. The molecule has 0 amide bonds. The summed E-state index contributed by atoms with van der Waals surface area (Å²) >= 11 is 0. The Hall–Kier alpha value is -6.79. The number of rotatable bonds is 9. The minimum atomic E-state index is -0.234. The number of ether oxygens (including phenoxy) is 1. The van der Waals surface area contributed by atoms with Gasteiger partial charge in [0, 0.05) is 52.5 Å². The highest BCUT2D eigenvalue weighted by atomic mass is 16.5. The van der Waals surface area contributed by atoms with Crippen LogP contribution < -0.4 is 9.30 Å². The van der Waals surface area contributed by atoms with Gasteiger partial charge in [0.25, 0.3) is 6.33 Å². The summed E-state index contributed by atoms with van der Waals surface area (Å²) in [5.41, 5.74) is 9.76. The number of benzene rings is 5. The number of hydrogen-bond acceptors (Lipinski definition) is 3. The summed E-state index contributed by atoms with van der Waals surface area (Å²) in [5, 5.41) is 2.31. The van der Waals surface area contributed by atoms with Gasteiger partial charge in [-0.05, 0) is 81.8 Å². The molecule has 0 unspecified atom stereocenters. The maximum absolute atomic E-state index is 6.57. The predicted octanol–water partition coefficient (Wildman–Crippen LogP) is 12.2. The summed E-state index contributed by atoms with van der Waals surface area (Å²) in [4.78, 5) is 9.45. The van der Waals surface area contributed by atoms with Gasteiger partial charge in [0.2, 0.25) is 0 Å². The van der Waals surface area contributed by atoms with Gasteiger partial charge in [-0.15, -0.1) is 0 Å². The molecule has 59 heavy (non-hydrogen) atoms. The number of pyridine rings is 2. The molecule has 0 N–H and O–H groups in total. The topological polar surface area (TPSA) is 48.8 Å². The van der Waals surface area contributed by atoms with Crippen LogP contribution in [0.25, 0.3) is 39.0 Å². The maximum Gasteiger partial charge on any atom is 0.268 e. The first-order chi connectivity index (χ1) is 28.4. The SMILES string of the molecule is CC(C)(C)c1ccnc(-n2c3ccccc3c3ccc(Oc4cncc(-n5[c-][n+](-c6cc(C(C)(C)c7ccccc7)cc(C(C)(C)c7ccccc7)c6)cc5)c4)cc32)c1. The highest BCUT2D eigenvalue weighted by Crippen LogP contribution is 2.39. The van der Waals surface area contributed by atoms with Crippen LogP contribution >= 0.6 is 0 Å². The summed E-state index contributed by atoms with van der Waals surface area (Å²) in [5.74, 6) is 2.22. The normalized spacial score (nSPS) is 12.3. The second-order valence-electron chi connectivity index (χ2n) is 17.6. The van der Waals surface area contributed by atoms with Gasteiger partial charge >= 0.3 is 0 Å². The standard InChI is InChI=1S/C53H49N5O/c1-51(2,3)39-24-25-55-50(31-39)58-48-21-15-14-20-46(48)47-23-22-44(33-49(47)58)59-45-32-43(34-54-35-45)57-27-26-56(36-57)42-29-40(52(4,5)37-16-10-8-11-17-37)28-41(30-42)53(6,7)38-18-12-9-13-19-38/h8-35H,1-7H3. The number of nitrogens with zero attached hydrogens (tertiary/aromatic N) is 5. The minimum Gasteiger partial charge on any atom is -0.456 e. The van der Waals surface area contributed by atoms with Crippen molar-refractivity contribution in [3.63, 3.8) is 0 Å². The van der Waals surface area contributed by atoms with Crippen molar-refractivity contribution in [2.24, 2.45) is 0 Å². The summed E-state index contributed by atoms with van der Waals surface area (Å²) in [6.45, 7) is 15.9. The fourth-order valence-corrected chi connectivity index (χ4v) is 8.12. The molecule has 6 heteroatoms. The van der Waals surface area contributed by atoms with Gasteiger partial charge in [-0.1, -0.05) is 133 Å². The Balaban J connectivity index is 1.07. The van der Waals surface area contributed by atoms with Crippen LogP contribution in [-0.4, -0.2) is 19.1 Å². The summed E-state index contributed by atoms with van der Waals surface area (Å²) in [7, 11) is 0. The fraction of sp³-hybridized carbons (Fsp3) is 0.189. The molecule has 0 spiro atoms. The van der Waals surface area contributed by atoms with Crippen LogP contribution in [-0.2, 0) is 16.2 Å². The number of imidazole rings is 1. The van der Waals surface area contributed by atoms with Gasteiger partial charge in [0.15, 0.2) is 0 Å². The van der Waals surface area contributed by atoms with Crippen molar-refractivity contribution in [2.45, 2.75) is 64.7 Å². The van der Waals surface area contributed by atoms with Gasteiger partial charge in [-0.2, -0.15) is 0 Å². The molecular weight excluding hydrogens is 723 g/mol. The zero-order chi connectivity index (χ0) is 40.9. The van der Waals surface area contributed by atoms with E-state index in [0.717, 1.165) is 33.6 Å². The van der Waals surface area contributed by atoms with E-state index in [2.05, 4.69) is 203 Å². The van der Waals surface area contributed by atoms with Crippen LogP contribution in [0.5, 0.6) is 11.5 Å². The molecule has 9 aromatic rings. The monoisotopic (exact) mass is 771 g/mol. The van der Waals surface area contributed by atoms with Gasteiger partial charge < -0.3 is 4.74 Å². The molecule has 5 aromatic carbocycles. The first kappa shape index (κ1) is 37.8. The van der Waals surface area contributed by atoms with E-state index in [4.69, 9.17) is 9.72 Å². The molecule has 0 aliphatic heterocycles. The second-order valence-corrected chi connectivity index (χ2v) is 17.6. The number of para-hydroxylation sites is 1. The first-order valence-corrected chi connectivity index (χ1v) is 20.3. The molecule has 6 nitrogen and oxygen atoms in total. The smallest absolute Gasteiger partial charge is 0.268 e. The molecule has 9 rings (SSSR count). The van der Waals surface area contributed by atoms with E-state index < -0.39 is 0 Å². The predicted molar refractivity (Wildman–Crippen MR) is 238 cm³/mol. The Bertz CT molecular complexity index is 2880. The number of hydrogen-bond donors (Lipinski definition) is 0. The average Bonchev–Trinajstić information content (AvgIpc) is 3.88. The van der Waals surface area contributed by atoms with Gasteiger partial charge in [0.1, 0.15) is 17.3 Å². The third kappa shape index (κ3) is 7.09. The van der Waals surface area contributed by atoms with E-state index in [1.807, 2.05) is 35.3 Å². The van der Waals surface area contributed by atoms with E-state index in [-0.39, 0.29) is 16.2 Å². The third-order valence-corrected chi connectivity index (χ3v) is 11.9. The molecule has 0 aliphatic carbocycles. The van der Waals surface area contributed by atoms with E-state index in [1.54, 1.807) is 6.20 Å². The molecule has 4 aromatic heterocycles. The van der Waals surface area contributed by atoms with Gasteiger partial charge in [-0.25, -0.2) is 4.98 Å². The summed E-state index contributed by atoms with van der Waals surface area (Å²) in [6.07, 6.45) is 13.1. The number of aromatic nitrogens is 5. The van der Waals surface area contributed by atoms with Crippen LogP contribution in [0, 0.1) is 6.33 Å². The Morgan fingerprint density at radius 3 is 1.88 bits per heavy atom. The summed E-state index contributed by atoms with van der Waals surface area (Å²) in [6, 6.07) is 49.5. The Morgan fingerprint density at radius 1 is 0.559 bits per heavy atom. The van der Waals surface area contributed by atoms with E-state index in [9.17, 15) is 0 Å². The van der Waals surface area contributed by atoms with Crippen LogP contribution in [0.2, 0.25) is 0 Å². The molecule has 0 bridgehead atoms. The van der Waals surface area contributed by atoms with Crippen molar-refractivity contribution in [1.29, 1.82) is 0 Å². The molecule has 0 atom stereocenters. The molecule has 292 valence electrons. The maximum atomic E-state index is 6.57. The van der Waals surface area contributed by atoms with Crippen LogP contribution in [0.1, 0.15) is 76.3 Å². The lowest BCUT2D eigenvalue weighted by molar-refractivity contribution is -0.599. The largest absolute Gasteiger partial charge is 0.456 e. The molecule has 0 aliphatic rings. The minimum absolute atomic E-state index is 0.00922. The lowest BCUT2D eigenvalue weighted by atomic mass is 9.73. The van der Waals surface area contributed by atoms with Gasteiger partial charge in [0.05, 0.1) is 28.6 Å². The molecule has 0 radical (unpaired) electrons. The highest BCUT2D eigenvalue weighted by molar-refractivity contribution is 6.09. The van der Waals surface area contributed by atoms with Crippen molar-refractivity contribution in [3.8, 4) is 28.7 Å².